The second-order valence-corrected chi connectivity index (χ2v) is 15.6. The third kappa shape index (κ3) is 6.34. The van der Waals surface area contributed by atoms with Crippen molar-refractivity contribution in [2.75, 3.05) is 29.5 Å². The predicted molar refractivity (Wildman–Crippen MR) is 168 cm³/mol. The average Bonchev–Trinajstić information content (AvgIpc) is 3.52. The molecular weight excluding hydrogens is 657 g/mol. The number of hydrogen-bond acceptors (Lipinski definition) is 8. The SMILES string of the molecule is CCNOS(=O)(=O)CCCN1C(=Cc2[se]c3ccc4ccccc4c3[n+]2CCS(=O)(=O)O)Oc2ccc3ccccc3c21. The zero-order chi connectivity index (χ0) is 30.2. The number of anilines is 1. The maximum absolute atomic E-state index is 12.4. The second kappa shape index (κ2) is 12.0. The summed E-state index contributed by atoms with van der Waals surface area (Å²) < 4.78 is 73.2. The second-order valence-electron chi connectivity index (χ2n) is 10.1. The Bertz CT molecular complexity index is 2090. The molecule has 0 amide bonds. The van der Waals surface area contributed by atoms with E-state index < -0.39 is 26.0 Å². The van der Waals surface area contributed by atoms with E-state index in [0.29, 0.717) is 24.7 Å². The number of rotatable bonds is 11. The van der Waals surface area contributed by atoms with Crippen molar-refractivity contribution >= 4 is 77.8 Å². The number of hydroxylamine groups is 1. The van der Waals surface area contributed by atoms with Gasteiger partial charge < -0.3 is 0 Å². The molecule has 0 spiro atoms. The van der Waals surface area contributed by atoms with Crippen LogP contribution in [0, 0.1) is 0 Å². The molecule has 43 heavy (non-hydrogen) atoms. The molecule has 1 aromatic heterocycles. The Morgan fingerprint density at radius 2 is 1.65 bits per heavy atom. The van der Waals surface area contributed by atoms with Crippen LogP contribution in [0.1, 0.15) is 17.9 Å². The van der Waals surface area contributed by atoms with Crippen molar-refractivity contribution in [3.63, 3.8) is 0 Å². The molecule has 2 N–H and O–H groups in total. The van der Waals surface area contributed by atoms with Gasteiger partial charge in [-0.25, -0.2) is 0 Å². The van der Waals surface area contributed by atoms with Crippen molar-refractivity contribution in [1.82, 2.24) is 5.48 Å². The molecule has 0 atom stereocenters. The van der Waals surface area contributed by atoms with E-state index in [0.717, 1.165) is 41.6 Å². The molecule has 0 bridgehead atoms. The van der Waals surface area contributed by atoms with Gasteiger partial charge in [-0.05, 0) is 0 Å². The molecule has 0 saturated carbocycles. The van der Waals surface area contributed by atoms with E-state index in [-0.39, 0.29) is 33.2 Å². The quantitative estimate of drug-likeness (QED) is 0.0923. The number of fused-ring (bicyclic) bond motifs is 6. The fraction of sp³-hybridized carbons (Fsp3) is 0.233. The Hall–Kier alpha value is -3.29. The topological polar surface area (TPSA) is 126 Å². The van der Waals surface area contributed by atoms with E-state index in [1.54, 1.807) is 6.92 Å². The molecule has 0 saturated heterocycles. The standard InChI is InChI=1S/C30H29N3O7S2Se/c1-2-31-40-42(37,38)18-7-16-32-27(39-25-14-12-21-8-3-5-10-23(21)29(25)32)20-28-33(17-19-41(34,35)36)30-24-11-6-4-9-22(24)13-15-26(30)43-28/h3-6,8-15,20,31H,2,7,16-19H2,1H3/p+1. The van der Waals surface area contributed by atoms with Crippen LogP contribution in [0.5, 0.6) is 5.75 Å². The van der Waals surface area contributed by atoms with Crippen LogP contribution in [0.15, 0.2) is 78.7 Å². The molecule has 4 aromatic carbocycles. The summed E-state index contributed by atoms with van der Waals surface area (Å²) >= 11 is -0.194. The van der Waals surface area contributed by atoms with Crippen LogP contribution in [0.4, 0.5) is 5.69 Å². The van der Waals surface area contributed by atoms with Gasteiger partial charge in [0.2, 0.25) is 0 Å². The average molecular weight is 688 g/mol. The van der Waals surface area contributed by atoms with Gasteiger partial charge in [0.1, 0.15) is 0 Å². The third-order valence-corrected chi connectivity index (χ3v) is 11.3. The Labute approximate surface area is 255 Å². The van der Waals surface area contributed by atoms with Crippen molar-refractivity contribution in [1.29, 1.82) is 0 Å². The van der Waals surface area contributed by atoms with E-state index >= 15 is 0 Å². The number of nitrogens with zero attached hydrogens (tertiary/aromatic N) is 2. The zero-order valence-corrected chi connectivity index (χ0v) is 26.6. The summed E-state index contributed by atoms with van der Waals surface area (Å²) in [4.78, 5) is 1.98. The number of aryl methyl sites for hydroxylation is 1. The van der Waals surface area contributed by atoms with Crippen LogP contribution in [0.25, 0.3) is 37.4 Å². The van der Waals surface area contributed by atoms with E-state index in [2.05, 4.69) is 17.6 Å². The van der Waals surface area contributed by atoms with Crippen molar-refractivity contribution in [3.8, 4) is 5.75 Å². The molecule has 10 nitrogen and oxygen atoms in total. The fourth-order valence-corrected chi connectivity index (χ4v) is 8.96. The summed E-state index contributed by atoms with van der Waals surface area (Å²) in [6.07, 6.45) is 2.19. The monoisotopic (exact) mass is 688 g/mol. The Kier molecular flexibility index (Phi) is 8.31. The van der Waals surface area contributed by atoms with Gasteiger partial charge in [-0.3, -0.25) is 0 Å². The molecule has 13 heteroatoms. The van der Waals surface area contributed by atoms with E-state index in [1.807, 2.05) is 76.2 Å². The van der Waals surface area contributed by atoms with Crippen LogP contribution in [0.3, 0.4) is 0 Å². The number of benzene rings is 4. The molecule has 0 unspecified atom stereocenters. The summed E-state index contributed by atoms with van der Waals surface area (Å²) in [5, 5.41) is 4.01. The van der Waals surface area contributed by atoms with Gasteiger partial charge in [-0.2, -0.15) is 0 Å². The molecule has 1 aliphatic heterocycles. The fourth-order valence-electron chi connectivity index (χ4n) is 5.31. The number of aromatic nitrogens is 1. The van der Waals surface area contributed by atoms with Gasteiger partial charge in [0.05, 0.1) is 0 Å². The molecule has 2 heterocycles. The number of hydrogen-bond donors (Lipinski definition) is 2. The van der Waals surface area contributed by atoms with Crippen LogP contribution >= 0.6 is 0 Å². The molecule has 0 radical (unpaired) electrons. The molecule has 5 aromatic rings. The van der Waals surface area contributed by atoms with Crippen molar-refractivity contribution in [3.05, 3.63) is 83.2 Å². The van der Waals surface area contributed by atoms with Crippen LogP contribution in [0.2, 0.25) is 0 Å². The normalized spacial score (nSPS) is 14.7. The van der Waals surface area contributed by atoms with Gasteiger partial charge in [-0.1, -0.05) is 0 Å². The van der Waals surface area contributed by atoms with Crippen molar-refractivity contribution in [2.24, 2.45) is 0 Å². The van der Waals surface area contributed by atoms with E-state index in [4.69, 9.17) is 9.02 Å². The summed E-state index contributed by atoms with van der Waals surface area (Å²) in [5.74, 6) is 0.539. The molecule has 0 aliphatic carbocycles. The molecule has 0 fully saturated rings. The summed E-state index contributed by atoms with van der Waals surface area (Å²) in [6.45, 7) is 2.51. The molecule has 224 valence electrons. The van der Waals surface area contributed by atoms with Gasteiger partial charge >= 0.3 is 257 Å². The first-order chi connectivity index (χ1) is 20.6. The van der Waals surface area contributed by atoms with Crippen LogP contribution in [-0.4, -0.2) is 60.5 Å². The Balaban J connectivity index is 1.46. The van der Waals surface area contributed by atoms with Crippen LogP contribution < -0.4 is 19.7 Å². The third-order valence-electron chi connectivity index (χ3n) is 7.15. The summed E-state index contributed by atoms with van der Waals surface area (Å²) in [6, 6.07) is 23.9. The minimum absolute atomic E-state index is 0.0661. The molecular formula is C30H30N3O7S2Se+. The van der Waals surface area contributed by atoms with Crippen LogP contribution in [-0.2, 0) is 31.1 Å². The summed E-state index contributed by atoms with van der Waals surface area (Å²) in [7, 11) is -7.99. The van der Waals surface area contributed by atoms with E-state index in [1.165, 1.54) is 0 Å². The zero-order valence-electron chi connectivity index (χ0n) is 23.3. The minimum atomic E-state index is -4.21. The van der Waals surface area contributed by atoms with Gasteiger partial charge in [0.15, 0.2) is 0 Å². The van der Waals surface area contributed by atoms with Gasteiger partial charge in [0, 0.05) is 0 Å². The maximum atomic E-state index is 12.4. The predicted octanol–water partition coefficient (Wildman–Crippen LogP) is 3.84. The first kappa shape index (κ1) is 29.8. The first-order valence-corrected chi connectivity index (χ1v) is 18.7. The number of nitrogens with one attached hydrogen (secondary N) is 1. The van der Waals surface area contributed by atoms with Gasteiger partial charge in [0.25, 0.3) is 0 Å². The van der Waals surface area contributed by atoms with E-state index in [9.17, 15) is 21.4 Å². The Morgan fingerprint density at radius 1 is 0.953 bits per heavy atom. The first-order valence-electron chi connectivity index (χ1n) is 13.8. The molecule has 6 rings (SSSR count). The van der Waals surface area contributed by atoms with Crippen molar-refractivity contribution < 1.29 is 35.0 Å². The van der Waals surface area contributed by atoms with Gasteiger partial charge in [-0.15, -0.1) is 0 Å². The number of ether oxygens (including phenoxy) is 1. The molecule has 1 aliphatic rings. The summed E-state index contributed by atoms with van der Waals surface area (Å²) in [5.41, 5.74) is 4.17. The Morgan fingerprint density at radius 3 is 2.40 bits per heavy atom. The van der Waals surface area contributed by atoms with Crippen molar-refractivity contribution in [2.45, 2.75) is 19.9 Å².